The van der Waals surface area contributed by atoms with E-state index in [2.05, 4.69) is 0 Å². The van der Waals surface area contributed by atoms with Crippen LogP contribution in [0.5, 0.6) is 5.75 Å². The maximum absolute atomic E-state index is 14.1. The molecule has 1 aliphatic rings. The highest BCUT2D eigenvalue weighted by atomic mass is 35.5. The van der Waals surface area contributed by atoms with Crippen LogP contribution < -0.4 is 4.74 Å². The number of rotatable bonds is 5. The van der Waals surface area contributed by atoms with E-state index < -0.39 is 0 Å². The van der Waals surface area contributed by atoms with Crippen molar-refractivity contribution < 1.29 is 14.3 Å². The number of benzene rings is 4. The SMILES string of the molecule is CCOc1ccccc1-n1c(-c2ccccc2)c2c(c1-c1ccc(Cl)cc1)C(=O)c1ccccc1C2=O. The molecular weight excluding hydrogens is 482 g/mol. The van der Waals surface area contributed by atoms with E-state index in [1.54, 1.807) is 36.4 Å². The first-order valence-corrected chi connectivity index (χ1v) is 12.5. The molecule has 5 heteroatoms. The fourth-order valence-corrected chi connectivity index (χ4v) is 5.20. The summed E-state index contributed by atoms with van der Waals surface area (Å²) >= 11 is 6.24. The molecule has 1 aromatic heterocycles. The lowest BCUT2D eigenvalue weighted by Gasteiger charge is -2.18. The van der Waals surface area contributed by atoms with Gasteiger partial charge in [-0.15, -0.1) is 0 Å². The van der Waals surface area contributed by atoms with E-state index in [4.69, 9.17) is 16.3 Å². The minimum Gasteiger partial charge on any atom is -0.492 e. The Bertz CT molecular complexity index is 1670. The van der Waals surface area contributed by atoms with Crippen LogP contribution in [0.15, 0.2) is 103 Å². The summed E-state index contributed by atoms with van der Waals surface area (Å²) < 4.78 is 8.02. The molecule has 0 radical (unpaired) electrons. The van der Waals surface area contributed by atoms with Gasteiger partial charge in [0.05, 0.1) is 34.8 Å². The number of para-hydroxylation sites is 2. The Labute approximate surface area is 219 Å². The topological polar surface area (TPSA) is 48.3 Å². The number of nitrogens with zero attached hydrogens (tertiary/aromatic N) is 1. The van der Waals surface area contributed by atoms with Gasteiger partial charge in [0.1, 0.15) is 5.75 Å². The average molecular weight is 504 g/mol. The second-order valence-electron chi connectivity index (χ2n) is 8.76. The quantitative estimate of drug-likeness (QED) is 0.243. The molecule has 4 nitrogen and oxygen atoms in total. The van der Waals surface area contributed by atoms with Crippen molar-refractivity contribution in [1.82, 2.24) is 4.57 Å². The summed E-state index contributed by atoms with van der Waals surface area (Å²) in [7, 11) is 0. The summed E-state index contributed by atoms with van der Waals surface area (Å²) in [5, 5.41) is 0.585. The van der Waals surface area contributed by atoms with Crippen LogP contribution >= 0.6 is 11.6 Å². The van der Waals surface area contributed by atoms with Gasteiger partial charge in [-0.3, -0.25) is 9.59 Å². The normalized spacial score (nSPS) is 12.3. The van der Waals surface area contributed by atoms with Crippen LogP contribution in [0.1, 0.15) is 38.8 Å². The Hall–Kier alpha value is -4.41. The third-order valence-corrected chi connectivity index (χ3v) is 6.86. The van der Waals surface area contributed by atoms with Crippen LogP contribution in [-0.4, -0.2) is 22.7 Å². The summed E-state index contributed by atoms with van der Waals surface area (Å²) in [6.07, 6.45) is 0. The molecule has 0 aliphatic heterocycles. The Balaban J connectivity index is 1.81. The van der Waals surface area contributed by atoms with Crippen LogP contribution in [0.3, 0.4) is 0 Å². The molecule has 0 amide bonds. The predicted molar refractivity (Wildman–Crippen MR) is 146 cm³/mol. The number of ketones is 2. The van der Waals surface area contributed by atoms with Crippen molar-refractivity contribution in [2.75, 3.05) is 6.61 Å². The summed E-state index contributed by atoms with van der Waals surface area (Å²) in [6, 6.07) is 31.8. The van der Waals surface area contributed by atoms with Crippen molar-refractivity contribution in [2.24, 2.45) is 0 Å². The first kappa shape index (κ1) is 23.0. The summed E-state index contributed by atoms with van der Waals surface area (Å²) in [5.41, 5.74) is 5.22. The van der Waals surface area contributed by atoms with Crippen molar-refractivity contribution in [3.05, 3.63) is 130 Å². The highest BCUT2D eigenvalue weighted by Crippen LogP contribution is 2.46. The van der Waals surface area contributed by atoms with Gasteiger partial charge in [-0.2, -0.15) is 0 Å². The smallest absolute Gasteiger partial charge is 0.196 e. The lowest BCUT2D eigenvalue weighted by molar-refractivity contribution is 0.0981. The Morgan fingerprint density at radius 3 is 1.76 bits per heavy atom. The van der Waals surface area contributed by atoms with E-state index in [9.17, 15) is 9.59 Å². The van der Waals surface area contributed by atoms with Gasteiger partial charge >= 0.3 is 0 Å². The lowest BCUT2D eigenvalue weighted by Crippen LogP contribution is -2.20. The van der Waals surface area contributed by atoms with Crippen LogP contribution in [0.25, 0.3) is 28.2 Å². The number of aromatic nitrogens is 1. The highest BCUT2D eigenvalue weighted by Gasteiger charge is 2.39. The summed E-state index contributed by atoms with van der Waals surface area (Å²) in [5.74, 6) is 0.300. The second-order valence-corrected chi connectivity index (χ2v) is 9.20. The molecule has 0 spiro atoms. The van der Waals surface area contributed by atoms with Crippen LogP contribution in [0.4, 0.5) is 0 Å². The molecule has 180 valence electrons. The largest absolute Gasteiger partial charge is 0.492 e. The third-order valence-electron chi connectivity index (χ3n) is 6.61. The number of ether oxygens (including phenoxy) is 1. The fraction of sp³-hybridized carbons (Fsp3) is 0.0625. The third kappa shape index (κ3) is 3.69. The van der Waals surface area contributed by atoms with Crippen molar-refractivity contribution in [1.29, 1.82) is 0 Å². The van der Waals surface area contributed by atoms with Gasteiger partial charge in [-0.05, 0) is 42.3 Å². The molecule has 1 heterocycles. The molecule has 0 atom stereocenters. The number of hydrogen-bond acceptors (Lipinski definition) is 3. The molecule has 0 unspecified atom stereocenters. The predicted octanol–water partition coefficient (Wildman–Crippen LogP) is 7.64. The maximum Gasteiger partial charge on any atom is 0.196 e. The maximum atomic E-state index is 14.1. The van der Waals surface area contributed by atoms with Crippen LogP contribution in [0, 0.1) is 0 Å². The lowest BCUT2D eigenvalue weighted by atomic mass is 9.83. The first-order valence-electron chi connectivity index (χ1n) is 12.1. The number of hydrogen-bond donors (Lipinski definition) is 0. The number of carbonyl (C=O) groups excluding carboxylic acids is 2. The van der Waals surface area contributed by atoms with Crippen molar-refractivity contribution in [2.45, 2.75) is 6.92 Å². The van der Waals surface area contributed by atoms with E-state index >= 15 is 0 Å². The molecule has 0 fully saturated rings. The van der Waals surface area contributed by atoms with Gasteiger partial charge < -0.3 is 9.30 Å². The molecule has 0 saturated heterocycles. The van der Waals surface area contributed by atoms with Gasteiger partial charge in [0.15, 0.2) is 11.6 Å². The Morgan fingerprint density at radius 1 is 0.649 bits per heavy atom. The molecule has 6 rings (SSSR count). The van der Waals surface area contributed by atoms with E-state index in [1.807, 2.05) is 78.2 Å². The van der Waals surface area contributed by atoms with Crippen LogP contribution in [0.2, 0.25) is 5.02 Å². The molecular formula is C32H22ClNO3. The molecule has 37 heavy (non-hydrogen) atoms. The fourth-order valence-electron chi connectivity index (χ4n) is 5.07. The Kier molecular flexibility index (Phi) is 5.74. The second kappa shape index (κ2) is 9.23. The zero-order valence-electron chi connectivity index (χ0n) is 20.1. The van der Waals surface area contributed by atoms with E-state index in [0.29, 0.717) is 51.0 Å². The average Bonchev–Trinajstić information content (AvgIpc) is 3.29. The summed E-state index contributed by atoms with van der Waals surface area (Å²) in [4.78, 5) is 28.3. The number of halogens is 1. The molecule has 4 aromatic carbocycles. The van der Waals surface area contributed by atoms with Crippen LogP contribution in [-0.2, 0) is 0 Å². The van der Waals surface area contributed by atoms with Crippen molar-refractivity contribution in [3.63, 3.8) is 0 Å². The van der Waals surface area contributed by atoms with Gasteiger partial charge in [-0.1, -0.05) is 90.5 Å². The standard InChI is InChI=1S/C32H22ClNO3/c1-2-37-26-15-9-8-14-25(26)34-29(20-10-4-3-5-11-20)27-28(30(34)21-16-18-22(33)19-17-21)32(36)24-13-7-6-12-23(24)31(27)35/h3-19H,2H2,1H3. The molecule has 0 bridgehead atoms. The Morgan fingerprint density at radius 2 is 1.16 bits per heavy atom. The molecule has 0 N–H and O–H groups in total. The van der Waals surface area contributed by atoms with Gasteiger partial charge in [0.25, 0.3) is 0 Å². The molecule has 5 aromatic rings. The number of fused-ring (bicyclic) bond motifs is 2. The zero-order chi connectivity index (χ0) is 25.5. The summed E-state index contributed by atoms with van der Waals surface area (Å²) in [6.45, 7) is 2.40. The van der Waals surface area contributed by atoms with E-state index in [1.165, 1.54) is 0 Å². The minimum atomic E-state index is -0.181. The van der Waals surface area contributed by atoms with Gasteiger partial charge in [0, 0.05) is 16.1 Å². The van der Waals surface area contributed by atoms with Gasteiger partial charge in [0.2, 0.25) is 0 Å². The number of carbonyl (C=O) groups is 2. The van der Waals surface area contributed by atoms with E-state index in [0.717, 1.165) is 16.8 Å². The van der Waals surface area contributed by atoms with E-state index in [-0.39, 0.29) is 11.6 Å². The highest BCUT2D eigenvalue weighted by molar-refractivity contribution is 6.33. The monoisotopic (exact) mass is 503 g/mol. The molecule has 0 saturated carbocycles. The van der Waals surface area contributed by atoms with Crippen molar-refractivity contribution >= 4 is 23.2 Å². The van der Waals surface area contributed by atoms with Crippen molar-refractivity contribution in [3.8, 4) is 34.0 Å². The molecule has 1 aliphatic carbocycles. The first-order chi connectivity index (χ1) is 18.1. The zero-order valence-corrected chi connectivity index (χ0v) is 20.8. The van der Waals surface area contributed by atoms with Gasteiger partial charge in [-0.25, -0.2) is 0 Å². The minimum absolute atomic E-state index is 0.174.